The highest BCUT2D eigenvalue weighted by molar-refractivity contribution is 5.76. The van der Waals surface area contributed by atoms with Crippen LogP contribution in [0, 0.1) is 11.3 Å². The summed E-state index contributed by atoms with van der Waals surface area (Å²) in [4.78, 5) is 12.8. The van der Waals surface area contributed by atoms with Gasteiger partial charge in [0.25, 0.3) is 0 Å². The molecule has 0 heterocycles. The molecule has 74 valence electrons. The van der Waals surface area contributed by atoms with E-state index in [2.05, 4.69) is 0 Å². The number of carbonyl (C=O) groups is 1. The number of rotatable bonds is 6. The Bertz CT molecular complexity index is 187. The number of amides is 1. The zero-order valence-corrected chi connectivity index (χ0v) is 8.25. The minimum atomic E-state index is -0.0162. The van der Waals surface area contributed by atoms with Crippen LogP contribution in [0.4, 0.5) is 0 Å². The van der Waals surface area contributed by atoms with E-state index in [4.69, 9.17) is 10.00 Å². The van der Waals surface area contributed by atoms with E-state index < -0.39 is 0 Å². The van der Waals surface area contributed by atoms with Crippen LogP contribution in [0.15, 0.2) is 0 Å². The Morgan fingerprint density at radius 1 is 1.54 bits per heavy atom. The van der Waals surface area contributed by atoms with E-state index in [1.165, 1.54) is 4.90 Å². The Morgan fingerprint density at radius 3 is 2.69 bits per heavy atom. The van der Waals surface area contributed by atoms with Crippen molar-refractivity contribution in [3.63, 3.8) is 0 Å². The smallest absolute Gasteiger partial charge is 0.225 e. The first-order chi connectivity index (χ1) is 6.26. The first kappa shape index (κ1) is 11.9. The second-order valence-corrected chi connectivity index (χ2v) is 2.51. The summed E-state index contributed by atoms with van der Waals surface area (Å²) >= 11 is 0. The van der Waals surface area contributed by atoms with Gasteiger partial charge in [-0.2, -0.15) is 5.26 Å². The van der Waals surface area contributed by atoms with Gasteiger partial charge in [0.1, 0.15) is 6.54 Å². The molecule has 0 rings (SSSR count). The highest BCUT2D eigenvalue weighted by Crippen LogP contribution is 1.94. The van der Waals surface area contributed by atoms with Crippen LogP contribution in [0.5, 0.6) is 0 Å². The summed E-state index contributed by atoms with van der Waals surface area (Å²) < 4.78 is 5.05. The van der Waals surface area contributed by atoms with Crippen LogP contribution < -0.4 is 0 Å². The topological polar surface area (TPSA) is 53.3 Å². The summed E-state index contributed by atoms with van der Waals surface area (Å²) in [6, 6.07) is 1.95. The zero-order valence-electron chi connectivity index (χ0n) is 8.25. The Morgan fingerprint density at radius 2 is 2.23 bits per heavy atom. The fraction of sp³-hybridized carbons (Fsp3) is 0.778. The molecule has 0 aromatic heterocycles. The SMILES string of the molecule is CCOCCC(=O)N(CC)CC#N. The van der Waals surface area contributed by atoms with Crippen molar-refractivity contribution in [1.82, 2.24) is 4.90 Å². The largest absolute Gasteiger partial charge is 0.381 e. The molecule has 0 fully saturated rings. The molecule has 13 heavy (non-hydrogen) atoms. The second kappa shape index (κ2) is 7.56. The molecule has 0 aromatic rings. The van der Waals surface area contributed by atoms with E-state index in [9.17, 15) is 4.79 Å². The lowest BCUT2D eigenvalue weighted by Crippen LogP contribution is -2.31. The molecule has 0 unspecified atom stereocenters. The maximum Gasteiger partial charge on any atom is 0.225 e. The molecule has 4 nitrogen and oxygen atoms in total. The average Bonchev–Trinajstić information content (AvgIpc) is 2.14. The molecule has 0 radical (unpaired) electrons. The molecule has 0 atom stereocenters. The third-order valence-corrected chi connectivity index (χ3v) is 1.66. The van der Waals surface area contributed by atoms with Gasteiger partial charge in [0.05, 0.1) is 19.1 Å². The minimum Gasteiger partial charge on any atom is -0.381 e. The number of hydrogen-bond donors (Lipinski definition) is 0. The third kappa shape index (κ3) is 5.21. The molecule has 4 heteroatoms. The van der Waals surface area contributed by atoms with E-state index in [0.29, 0.717) is 26.2 Å². The predicted molar refractivity (Wildman–Crippen MR) is 49.0 cm³/mol. The van der Waals surface area contributed by atoms with Crippen LogP contribution in [0.3, 0.4) is 0 Å². The normalized spacial score (nSPS) is 9.31. The number of hydrogen-bond acceptors (Lipinski definition) is 3. The van der Waals surface area contributed by atoms with Crippen molar-refractivity contribution in [3.8, 4) is 6.07 Å². The summed E-state index contributed by atoms with van der Waals surface area (Å²) in [6.45, 7) is 5.56. The second-order valence-electron chi connectivity index (χ2n) is 2.51. The van der Waals surface area contributed by atoms with Gasteiger partial charge in [-0.1, -0.05) is 0 Å². The standard InChI is InChI=1S/C9H16N2O2/c1-3-11(7-6-10)9(12)5-8-13-4-2/h3-5,7-8H2,1-2H3. The Labute approximate surface area is 79.1 Å². The number of ether oxygens (including phenoxy) is 1. The maximum atomic E-state index is 11.3. The maximum absolute atomic E-state index is 11.3. The Hall–Kier alpha value is -1.08. The van der Waals surface area contributed by atoms with Crippen molar-refractivity contribution in [2.75, 3.05) is 26.3 Å². The molecular formula is C9H16N2O2. The highest BCUT2D eigenvalue weighted by atomic mass is 16.5. The van der Waals surface area contributed by atoms with Gasteiger partial charge in [-0.05, 0) is 13.8 Å². The summed E-state index contributed by atoms with van der Waals surface area (Å²) in [7, 11) is 0. The van der Waals surface area contributed by atoms with Crippen molar-refractivity contribution in [3.05, 3.63) is 0 Å². The van der Waals surface area contributed by atoms with Crippen molar-refractivity contribution in [2.45, 2.75) is 20.3 Å². The monoisotopic (exact) mass is 184 g/mol. The zero-order chi connectivity index (χ0) is 10.1. The molecule has 0 aliphatic carbocycles. The molecule has 0 N–H and O–H groups in total. The third-order valence-electron chi connectivity index (χ3n) is 1.66. The fourth-order valence-corrected chi connectivity index (χ4v) is 0.924. The van der Waals surface area contributed by atoms with Gasteiger partial charge < -0.3 is 9.64 Å². The molecular weight excluding hydrogens is 168 g/mol. The highest BCUT2D eigenvalue weighted by Gasteiger charge is 2.09. The van der Waals surface area contributed by atoms with Crippen LogP contribution >= 0.6 is 0 Å². The van der Waals surface area contributed by atoms with Crippen molar-refractivity contribution >= 4 is 5.91 Å². The Balaban J connectivity index is 3.72. The van der Waals surface area contributed by atoms with Gasteiger partial charge in [0.2, 0.25) is 5.91 Å². The van der Waals surface area contributed by atoms with Gasteiger partial charge >= 0.3 is 0 Å². The first-order valence-corrected chi connectivity index (χ1v) is 4.48. The van der Waals surface area contributed by atoms with Crippen LogP contribution in [0.25, 0.3) is 0 Å². The molecule has 0 aliphatic rings. The summed E-state index contributed by atoms with van der Waals surface area (Å²) in [5, 5.41) is 8.41. The number of carbonyl (C=O) groups excluding carboxylic acids is 1. The Kier molecular flexibility index (Phi) is 6.93. The number of nitrogens with zero attached hydrogens (tertiary/aromatic N) is 2. The average molecular weight is 184 g/mol. The molecule has 0 bridgehead atoms. The van der Waals surface area contributed by atoms with Crippen molar-refractivity contribution in [2.24, 2.45) is 0 Å². The molecule has 0 saturated carbocycles. The predicted octanol–water partition coefficient (Wildman–Crippen LogP) is 0.785. The molecule has 0 spiro atoms. The van der Waals surface area contributed by atoms with Gasteiger partial charge in [-0.3, -0.25) is 4.79 Å². The lowest BCUT2D eigenvalue weighted by Gasteiger charge is -2.16. The van der Waals surface area contributed by atoms with Crippen molar-refractivity contribution < 1.29 is 9.53 Å². The van der Waals surface area contributed by atoms with Gasteiger partial charge in [-0.25, -0.2) is 0 Å². The summed E-state index contributed by atoms with van der Waals surface area (Å²) in [6.07, 6.45) is 0.364. The molecule has 0 aromatic carbocycles. The summed E-state index contributed by atoms with van der Waals surface area (Å²) in [5.74, 6) is -0.0162. The van der Waals surface area contributed by atoms with Crippen LogP contribution in [-0.4, -0.2) is 37.1 Å². The van der Waals surface area contributed by atoms with Gasteiger partial charge in [0, 0.05) is 13.2 Å². The van der Waals surface area contributed by atoms with E-state index in [0.717, 1.165) is 0 Å². The quantitative estimate of drug-likeness (QED) is 0.453. The van der Waals surface area contributed by atoms with Crippen LogP contribution in [0.1, 0.15) is 20.3 Å². The van der Waals surface area contributed by atoms with E-state index in [1.54, 1.807) is 0 Å². The van der Waals surface area contributed by atoms with Crippen molar-refractivity contribution in [1.29, 1.82) is 5.26 Å². The van der Waals surface area contributed by atoms with E-state index >= 15 is 0 Å². The van der Waals surface area contributed by atoms with Crippen LogP contribution in [-0.2, 0) is 9.53 Å². The lowest BCUT2D eigenvalue weighted by atomic mass is 10.3. The van der Waals surface area contributed by atoms with Gasteiger partial charge in [-0.15, -0.1) is 0 Å². The fourth-order valence-electron chi connectivity index (χ4n) is 0.924. The molecule has 0 aliphatic heterocycles. The van der Waals surface area contributed by atoms with Crippen LogP contribution in [0.2, 0.25) is 0 Å². The minimum absolute atomic E-state index is 0.0162. The molecule has 0 saturated heterocycles. The summed E-state index contributed by atoms with van der Waals surface area (Å²) in [5.41, 5.74) is 0. The van der Waals surface area contributed by atoms with E-state index in [1.807, 2.05) is 19.9 Å². The van der Waals surface area contributed by atoms with Gasteiger partial charge in [0.15, 0.2) is 0 Å². The molecule has 1 amide bonds. The lowest BCUT2D eigenvalue weighted by molar-refractivity contribution is -0.131. The first-order valence-electron chi connectivity index (χ1n) is 4.48. The number of nitriles is 1. The van der Waals surface area contributed by atoms with E-state index in [-0.39, 0.29) is 12.5 Å².